The number of hydrogen-bond donors (Lipinski definition) is 0. The van der Waals surface area contributed by atoms with Crippen molar-refractivity contribution < 1.29 is 4.74 Å². The highest BCUT2D eigenvalue weighted by Gasteiger charge is 2.18. The molecule has 0 aromatic rings. The lowest BCUT2D eigenvalue weighted by Gasteiger charge is -2.27. The second-order valence-corrected chi connectivity index (χ2v) is 3.46. The van der Waals surface area contributed by atoms with E-state index in [9.17, 15) is 0 Å². The summed E-state index contributed by atoms with van der Waals surface area (Å²) in [7, 11) is 0. The summed E-state index contributed by atoms with van der Waals surface area (Å²) in [6.45, 7) is 6.59. The first kappa shape index (κ1) is 8.79. The van der Waals surface area contributed by atoms with Crippen LogP contribution < -0.4 is 0 Å². The van der Waals surface area contributed by atoms with Crippen molar-refractivity contribution in [3.05, 3.63) is 12.2 Å². The van der Waals surface area contributed by atoms with Crippen LogP contribution in [0.15, 0.2) is 12.2 Å². The molecule has 11 heavy (non-hydrogen) atoms. The van der Waals surface area contributed by atoms with Crippen LogP contribution in [0.2, 0.25) is 0 Å². The minimum absolute atomic E-state index is 0.365. The normalized spacial score (nSPS) is 33.7. The van der Waals surface area contributed by atoms with E-state index in [0.717, 1.165) is 6.42 Å². The summed E-state index contributed by atoms with van der Waals surface area (Å²) in [5, 5.41) is 0. The summed E-state index contributed by atoms with van der Waals surface area (Å²) in [6, 6.07) is 0. The molecule has 1 nitrogen and oxygen atoms in total. The molecule has 0 aliphatic carbocycles. The molecule has 1 aliphatic heterocycles. The first-order valence-electron chi connectivity index (χ1n) is 4.56. The van der Waals surface area contributed by atoms with Gasteiger partial charge in [0.1, 0.15) is 0 Å². The van der Waals surface area contributed by atoms with Crippen molar-refractivity contribution >= 4 is 0 Å². The Bertz CT molecular complexity index is 140. The lowest BCUT2D eigenvalue weighted by atomic mass is 9.99. The Hall–Kier alpha value is -0.300. The van der Waals surface area contributed by atoms with Gasteiger partial charge in [-0.15, -0.1) is 0 Å². The zero-order valence-electron chi connectivity index (χ0n) is 7.71. The maximum atomic E-state index is 5.75. The van der Waals surface area contributed by atoms with Gasteiger partial charge in [-0.05, 0) is 19.3 Å². The van der Waals surface area contributed by atoms with Crippen LogP contribution in [0.3, 0.4) is 0 Å². The highest BCUT2D eigenvalue weighted by Crippen LogP contribution is 2.20. The minimum Gasteiger partial charge on any atom is -0.371 e. The van der Waals surface area contributed by atoms with Crippen LogP contribution in [0.1, 0.15) is 33.6 Å². The van der Waals surface area contributed by atoms with Crippen LogP contribution in [0.4, 0.5) is 0 Å². The molecule has 0 saturated carbocycles. The smallest absolute Gasteiger partial charge is 0.0784 e. The molecule has 0 fully saturated rings. The van der Waals surface area contributed by atoms with Gasteiger partial charge in [0.25, 0.3) is 0 Å². The average molecular weight is 154 g/mol. The van der Waals surface area contributed by atoms with Crippen molar-refractivity contribution in [1.82, 2.24) is 0 Å². The summed E-state index contributed by atoms with van der Waals surface area (Å²) >= 11 is 0. The molecule has 0 amide bonds. The van der Waals surface area contributed by atoms with Gasteiger partial charge >= 0.3 is 0 Å². The molecule has 64 valence electrons. The molecule has 0 aromatic carbocycles. The molecule has 3 atom stereocenters. The fourth-order valence-electron chi connectivity index (χ4n) is 1.33. The molecular weight excluding hydrogens is 136 g/mol. The van der Waals surface area contributed by atoms with E-state index in [1.165, 1.54) is 6.42 Å². The van der Waals surface area contributed by atoms with Crippen molar-refractivity contribution in [2.45, 2.75) is 45.8 Å². The third kappa shape index (κ3) is 2.33. The Kier molecular flexibility index (Phi) is 3.13. The summed E-state index contributed by atoms with van der Waals surface area (Å²) in [6.07, 6.45) is 7.50. The Morgan fingerprint density at radius 1 is 1.64 bits per heavy atom. The lowest BCUT2D eigenvalue weighted by molar-refractivity contribution is -0.0103. The van der Waals surface area contributed by atoms with Crippen molar-refractivity contribution in [2.75, 3.05) is 0 Å². The highest BCUT2D eigenvalue weighted by molar-refractivity contribution is 4.96. The van der Waals surface area contributed by atoms with Crippen molar-refractivity contribution in [1.29, 1.82) is 0 Å². The highest BCUT2D eigenvalue weighted by atomic mass is 16.5. The van der Waals surface area contributed by atoms with E-state index < -0.39 is 0 Å². The zero-order chi connectivity index (χ0) is 8.27. The Morgan fingerprint density at radius 3 is 2.91 bits per heavy atom. The van der Waals surface area contributed by atoms with Gasteiger partial charge in [-0.1, -0.05) is 32.4 Å². The van der Waals surface area contributed by atoms with Gasteiger partial charge < -0.3 is 4.74 Å². The molecule has 1 aliphatic rings. The quantitative estimate of drug-likeness (QED) is 0.556. The van der Waals surface area contributed by atoms with E-state index >= 15 is 0 Å². The molecule has 0 N–H and O–H groups in total. The molecule has 1 heterocycles. The third-order valence-corrected chi connectivity index (χ3v) is 2.39. The third-order valence-electron chi connectivity index (χ3n) is 2.39. The van der Waals surface area contributed by atoms with E-state index in [1.807, 2.05) is 0 Å². The van der Waals surface area contributed by atoms with Crippen LogP contribution in [0.25, 0.3) is 0 Å². The van der Waals surface area contributed by atoms with Crippen LogP contribution in [-0.2, 0) is 4.74 Å². The number of rotatable bonds is 2. The molecule has 1 unspecified atom stereocenters. The first-order valence-corrected chi connectivity index (χ1v) is 4.56. The van der Waals surface area contributed by atoms with E-state index in [-0.39, 0.29) is 0 Å². The molecule has 0 spiro atoms. The van der Waals surface area contributed by atoms with E-state index in [4.69, 9.17) is 4.74 Å². The minimum atomic E-state index is 0.365. The second-order valence-electron chi connectivity index (χ2n) is 3.46. The summed E-state index contributed by atoms with van der Waals surface area (Å²) in [4.78, 5) is 0. The van der Waals surface area contributed by atoms with Crippen molar-refractivity contribution in [3.63, 3.8) is 0 Å². The van der Waals surface area contributed by atoms with Gasteiger partial charge in [0.2, 0.25) is 0 Å². The zero-order valence-corrected chi connectivity index (χ0v) is 7.71. The van der Waals surface area contributed by atoms with Crippen LogP contribution in [0.5, 0.6) is 0 Å². The number of hydrogen-bond acceptors (Lipinski definition) is 1. The van der Waals surface area contributed by atoms with Gasteiger partial charge in [-0.2, -0.15) is 0 Å². The van der Waals surface area contributed by atoms with Gasteiger partial charge in [0, 0.05) is 0 Å². The molecule has 0 radical (unpaired) electrons. The largest absolute Gasteiger partial charge is 0.371 e. The van der Waals surface area contributed by atoms with Crippen LogP contribution >= 0.6 is 0 Å². The maximum Gasteiger partial charge on any atom is 0.0784 e. The fourth-order valence-corrected chi connectivity index (χ4v) is 1.33. The monoisotopic (exact) mass is 154 g/mol. The predicted octanol–water partition coefficient (Wildman–Crippen LogP) is 2.77. The van der Waals surface area contributed by atoms with Crippen LogP contribution in [-0.4, -0.2) is 12.2 Å². The fraction of sp³-hybridized carbons (Fsp3) is 0.800. The maximum absolute atomic E-state index is 5.75. The van der Waals surface area contributed by atoms with E-state index in [1.54, 1.807) is 0 Å². The Labute approximate surface area is 69.4 Å². The van der Waals surface area contributed by atoms with Crippen molar-refractivity contribution in [3.8, 4) is 0 Å². The first-order chi connectivity index (χ1) is 5.24. The number of ether oxygens (including phenoxy) is 1. The Balaban J connectivity index is 2.45. The summed E-state index contributed by atoms with van der Waals surface area (Å²) < 4.78 is 5.75. The summed E-state index contributed by atoms with van der Waals surface area (Å²) in [5.41, 5.74) is 0. The van der Waals surface area contributed by atoms with Gasteiger partial charge in [0.15, 0.2) is 0 Å². The standard InChI is InChI=1S/C10H18O/c1-4-8(2)10-7-5-6-9(3)11-10/h5,7-10H,4,6H2,1-3H3/t8?,9-,10+/m1/s1. The SMILES string of the molecule is CCC(C)[C@@H]1C=CC[C@@H](C)O1. The molecule has 0 saturated heterocycles. The molecule has 0 bridgehead atoms. The molecule has 0 aromatic heterocycles. The molecule has 1 rings (SSSR count). The Morgan fingerprint density at radius 2 is 2.36 bits per heavy atom. The van der Waals surface area contributed by atoms with Gasteiger partial charge in [-0.25, -0.2) is 0 Å². The van der Waals surface area contributed by atoms with Gasteiger partial charge in [0.05, 0.1) is 12.2 Å². The van der Waals surface area contributed by atoms with Crippen LogP contribution in [0, 0.1) is 5.92 Å². The van der Waals surface area contributed by atoms with E-state index in [2.05, 4.69) is 32.9 Å². The van der Waals surface area contributed by atoms with Gasteiger partial charge in [-0.3, -0.25) is 0 Å². The summed E-state index contributed by atoms with van der Waals surface area (Å²) in [5.74, 6) is 0.661. The average Bonchev–Trinajstić information content (AvgIpc) is 2.03. The van der Waals surface area contributed by atoms with E-state index in [0.29, 0.717) is 18.1 Å². The molecule has 1 heteroatoms. The second kappa shape index (κ2) is 3.91. The topological polar surface area (TPSA) is 9.23 Å². The molecular formula is C10H18O. The lowest BCUT2D eigenvalue weighted by Crippen LogP contribution is -2.26. The van der Waals surface area contributed by atoms with Crippen molar-refractivity contribution in [2.24, 2.45) is 5.92 Å². The predicted molar refractivity (Wildman–Crippen MR) is 47.5 cm³/mol.